The summed E-state index contributed by atoms with van der Waals surface area (Å²) in [4.78, 5) is 36.0. The Morgan fingerprint density at radius 2 is 1.92 bits per heavy atom. The number of esters is 1. The van der Waals surface area contributed by atoms with Crippen molar-refractivity contribution in [2.75, 3.05) is 0 Å². The average molecular weight is 344 g/mol. The van der Waals surface area contributed by atoms with Gasteiger partial charge in [-0.25, -0.2) is 9.59 Å². The maximum Gasteiger partial charge on any atom is 0.349 e. The number of nitrogens with one attached hydrogen (secondary N) is 1. The maximum absolute atomic E-state index is 12.3. The summed E-state index contributed by atoms with van der Waals surface area (Å²) >= 11 is 1.36. The van der Waals surface area contributed by atoms with E-state index in [9.17, 15) is 14.4 Å². The Balaban J connectivity index is 1.78. The third kappa shape index (κ3) is 3.16. The molecule has 0 fully saturated rings. The summed E-state index contributed by atoms with van der Waals surface area (Å²) in [5.41, 5.74) is 8.39. The smallest absolute Gasteiger partial charge is 0.349 e. The molecule has 1 aliphatic rings. The van der Waals surface area contributed by atoms with E-state index >= 15 is 0 Å². The first-order chi connectivity index (χ1) is 11.5. The first kappa shape index (κ1) is 16.2. The van der Waals surface area contributed by atoms with Crippen LogP contribution in [0, 0.1) is 0 Å². The van der Waals surface area contributed by atoms with Crippen LogP contribution in [0.25, 0.3) is 10.4 Å². The highest BCUT2D eigenvalue weighted by molar-refractivity contribution is 7.17. The second-order valence-corrected chi connectivity index (χ2v) is 6.58. The number of benzene rings is 1. The van der Waals surface area contributed by atoms with Crippen molar-refractivity contribution >= 4 is 29.2 Å². The summed E-state index contributed by atoms with van der Waals surface area (Å²) in [7, 11) is 0. The molecule has 3 amide bonds. The molecule has 0 aliphatic heterocycles. The Morgan fingerprint density at radius 1 is 1.21 bits per heavy atom. The van der Waals surface area contributed by atoms with Crippen LogP contribution in [0.1, 0.15) is 27.7 Å². The van der Waals surface area contributed by atoms with Crippen LogP contribution >= 0.6 is 11.3 Å². The van der Waals surface area contributed by atoms with E-state index in [0.29, 0.717) is 4.88 Å². The molecule has 0 spiro atoms. The highest BCUT2D eigenvalue weighted by atomic mass is 32.1. The lowest BCUT2D eigenvalue weighted by Gasteiger charge is -2.15. The molecule has 124 valence electrons. The minimum Gasteiger partial charge on any atom is -0.448 e. The van der Waals surface area contributed by atoms with Gasteiger partial charge in [-0.2, -0.15) is 0 Å². The van der Waals surface area contributed by atoms with Crippen molar-refractivity contribution in [2.24, 2.45) is 5.73 Å². The van der Waals surface area contributed by atoms with Crippen LogP contribution in [0.5, 0.6) is 0 Å². The fourth-order valence-corrected chi connectivity index (χ4v) is 3.82. The molecule has 1 aliphatic carbocycles. The van der Waals surface area contributed by atoms with Crippen molar-refractivity contribution in [3.8, 4) is 10.4 Å². The van der Waals surface area contributed by atoms with Crippen LogP contribution in [0.4, 0.5) is 4.79 Å². The molecule has 1 unspecified atom stereocenters. The van der Waals surface area contributed by atoms with Crippen molar-refractivity contribution < 1.29 is 19.1 Å². The van der Waals surface area contributed by atoms with E-state index in [0.717, 1.165) is 28.8 Å². The lowest BCUT2D eigenvalue weighted by Crippen LogP contribution is -2.42. The number of primary amides is 1. The predicted molar refractivity (Wildman–Crippen MR) is 89.8 cm³/mol. The van der Waals surface area contributed by atoms with Gasteiger partial charge in [-0.15, -0.1) is 11.3 Å². The van der Waals surface area contributed by atoms with Gasteiger partial charge < -0.3 is 10.5 Å². The van der Waals surface area contributed by atoms with Gasteiger partial charge in [-0.1, -0.05) is 24.3 Å². The zero-order valence-corrected chi connectivity index (χ0v) is 13.8. The van der Waals surface area contributed by atoms with Crippen molar-refractivity contribution in [1.29, 1.82) is 0 Å². The lowest BCUT2D eigenvalue weighted by molar-refractivity contribution is -0.127. The van der Waals surface area contributed by atoms with Gasteiger partial charge in [0.25, 0.3) is 5.91 Å². The van der Waals surface area contributed by atoms with Gasteiger partial charge in [0, 0.05) is 4.88 Å². The molecule has 2 aromatic rings. The molecule has 1 atom stereocenters. The van der Waals surface area contributed by atoms with E-state index < -0.39 is 24.0 Å². The number of hydrogen-bond acceptors (Lipinski definition) is 5. The van der Waals surface area contributed by atoms with Crippen LogP contribution in [0.3, 0.4) is 0 Å². The molecule has 0 radical (unpaired) electrons. The van der Waals surface area contributed by atoms with Gasteiger partial charge in [0.1, 0.15) is 4.88 Å². The molecule has 0 bridgehead atoms. The Labute approximate surface area is 142 Å². The number of ether oxygens (including phenoxy) is 1. The summed E-state index contributed by atoms with van der Waals surface area (Å²) < 4.78 is 5.12. The molecular formula is C17H16N2O4S. The number of carbonyl (C=O) groups is 3. The molecule has 1 aromatic heterocycles. The van der Waals surface area contributed by atoms with Gasteiger partial charge in [0.05, 0.1) is 0 Å². The van der Waals surface area contributed by atoms with Gasteiger partial charge >= 0.3 is 12.0 Å². The first-order valence-corrected chi connectivity index (χ1v) is 8.29. The van der Waals surface area contributed by atoms with Crippen molar-refractivity contribution in [2.45, 2.75) is 25.9 Å². The second kappa shape index (κ2) is 6.45. The van der Waals surface area contributed by atoms with Crippen LogP contribution in [-0.4, -0.2) is 24.0 Å². The van der Waals surface area contributed by atoms with E-state index in [2.05, 4.69) is 6.07 Å². The summed E-state index contributed by atoms with van der Waals surface area (Å²) in [5, 5.41) is 1.89. The second-order valence-electron chi connectivity index (χ2n) is 5.52. The Hall–Kier alpha value is -2.67. The molecular weight excluding hydrogens is 328 g/mol. The van der Waals surface area contributed by atoms with E-state index in [1.165, 1.54) is 23.8 Å². The Bertz CT molecular complexity index is 828. The van der Waals surface area contributed by atoms with Crippen molar-refractivity contribution in [3.63, 3.8) is 0 Å². The minimum absolute atomic E-state index is 0.440. The molecule has 0 saturated heterocycles. The molecule has 0 saturated carbocycles. The summed E-state index contributed by atoms with van der Waals surface area (Å²) in [6, 6.07) is 8.95. The van der Waals surface area contributed by atoms with Gasteiger partial charge in [0.2, 0.25) is 0 Å². The van der Waals surface area contributed by atoms with Crippen molar-refractivity contribution in [1.82, 2.24) is 5.32 Å². The molecule has 24 heavy (non-hydrogen) atoms. The maximum atomic E-state index is 12.3. The van der Waals surface area contributed by atoms with Gasteiger partial charge in [0.15, 0.2) is 6.10 Å². The SMILES string of the molecule is CC(OC(=O)c1cc2c(s1)-c1ccccc1CC2)C(=O)NC(N)=O. The fraction of sp³-hybridized carbons (Fsp3) is 0.235. The number of imide groups is 1. The van der Waals surface area contributed by atoms with Crippen molar-refractivity contribution in [3.05, 3.63) is 46.3 Å². The summed E-state index contributed by atoms with van der Waals surface area (Å²) in [6.07, 6.45) is 0.705. The van der Waals surface area contributed by atoms with Crippen LogP contribution in [0.2, 0.25) is 0 Å². The number of thiophene rings is 1. The molecule has 6 nitrogen and oxygen atoms in total. The zero-order chi connectivity index (χ0) is 17.3. The quantitative estimate of drug-likeness (QED) is 0.834. The molecule has 1 heterocycles. The highest BCUT2D eigenvalue weighted by Crippen LogP contribution is 2.39. The number of rotatable bonds is 3. The third-order valence-corrected chi connectivity index (χ3v) is 5.03. The third-order valence-electron chi connectivity index (χ3n) is 3.84. The Morgan fingerprint density at radius 3 is 2.67 bits per heavy atom. The van der Waals surface area contributed by atoms with Gasteiger partial charge in [-0.3, -0.25) is 10.1 Å². The number of fused-ring (bicyclic) bond motifs is 3. The number of hydrogen-bond donors (Lipinski definition) is 2. The molecule has 7 heteroatoms. The van der Waals surface area contributed by atoms with E-state index in [4.69, 9.17) is 10.5 Å². The number of amides is 3. The molecule has 1 aromatic carbocycles. The highest BCUT2D eigenvalue weighted by Gasteiger charge is 2.25. The van der Waals surface area contributed by atoms with Crippen LogP contribution in [-0.2, 0) is 22.4 Å². The number of carbonyl (C=O) groups excluding carboxylic acids is 3. The van der Waals surface area contributed by atoms with Crippen LogP contribution < -0.4 is 11.1 Å². The standard InChI is InChI=1S/C17H16N2O4S/c1-9(15(20)19-17(18)22)23-16(21)13-8-11-7-6-10-4-2-3-5-12(10)14(11)24-13/h2-5,8-9H,6-7H2,1H3,(H3,18,19,20,22). The van der Waals surface area contributed by atoms with Gasteiger partial charge in [-0.05, 0) is 42.5 Å². The summed E-state index contributed by atoms with van der Waals surface area (Å²) in [6.45, 7) is 1.39. The predicted octanol–water partition coefficient (Wildman–Crippen LogP) is 2.25. The number of urea groups is 1. The monoisotopic (exact) mass is 344 g/mol. The zero-order valence-electron chi connectivity index (χ0n) is 13.0. The number of nitrogens with two attached hydrogens (primary N) is 1. The van der Waals surface area contributed by atoms with E-state index in [1.807, 2.05) is 29.6 Å². The molecule has 3 rings (SSSR count). The van der Waals surface area contributed by atoms with E-state index in [1.54, 1.807) is 0 Å². The average Bonchev–Trinajstić information content (AvgIpc) is 2.99. The van der Waals surface area contributed by atoms with Crippen LogP contribution in [0.15, 0.2) is 30.3 Å². The first-order valence-electron chi connectivity index (χ1n) is 7.48. The topological polar surface area (TPSA) is 98.5 Å². The van der Waals surface area contributed by atoms with E-state index in [-0.39, 0.29) is 0 Å². The molecule has 3 N–H and O–H groups in total. The largest absolute Gasteiger partial charge is 0.448 e. The fourth-order valence-electron chi connectivity index (χ4n) is 2.67. The normalized spacial score (nSPS) is 13.4. The Kier molecular flexibility index (Phi) is 4.35. The lowest BCUT2D eigenvalue weighted by atomic mass is 9.91. The summed E-state index contributed by atoms with van der Waals surface area (Å²) in [5.74, 6) is -1.33. The number of aryl methyl sites for hydroxylation is 2. The minimum atomic E-state index is -1.10.